The zero-order chi connectivity index (χ0) is 8.74. The summed E-state index contributed by atoms with van der Waals surface area (Å²) in [4.78, 5) is 9.69. The molecule has 6 heteroatoms. The molecule has 0 saturated heterocycles. The number of sulfone groups is 1. The van der Waals surface area contributed by atoms with Crippen molar-refractivity contribution in [2.45, 2.75) is 12.8 Å². The summed E-state index contributed by atoms with van der Waals surface area (Å²) in [6, 6.07) is 0. The van der Waals surface area contributed by atoms with Gasteiger partial charge < -0.3 is 17.3 Å². The quantitative estimate of drug-likeness (QED) is 0.374. The van der Waals surface area contributed by atoms with Crippen LogP contribution in [0, 0.1) is 7.43 Å². The monoisotopic (exact) mass is 217 g/mol. The van der Waals surface area contributed by atoms with Gasteiger partial charge in [0, 0.05) is 12.4 Å². The molecule has 0 aromatic heterocycles. The van der Waals surface area contributed by atoms with Gasteiger partial charge in [-0.25, -0.2) is 8.42 Å². The molecule has 0 unspecified atom stereocenters. The molecule has 0 saturated carbocycles. The van der Waals surface area contributed by atoms with E-state index in [0.29, 0.717) is 0 Å². The maximum atomic E-state index is 10.9. The summed E-state index contributed by atoms with van der Waals surface area (Å²) in [5.74, 6) is -0.207. The van der Waals surface area contributed by atoms with Crippen molar-refractivity contribution >= 4 is 16.1 Å². The Balaban J connectivity index is -0.000000500. The molecule has 0 atom stereocenters. The van der Waals surface area contributed by atoms with Gasteiger partial charge in [-0.15, -0.1) is 6.42 Å². The Morgan fingerprint density at radius 3 is 2.15 bits per heavy atom. The van der Waals surface area contributed by atoms with Crippen molar-refractivity contribution in [1.29, 1.82) is 0 Å². The van der Waals surface area contributed by atoms with Crippen LogP contribution in [-0.4, -0.2) is 37.9 Å². The van der Waals surface area contributed by atoms with E-state index in [4.69, 9.17) is 5.11 Å². The summed E-state index contributed by atoms with van der Waals surface area (Å²) < 4.78 is 21.7. The van der Waals surface area contributed by atoms with Crippen LogP contribution in [0.4, 0.5) is 0 Å². The fourth-order valence-electron chi connectivity index (χ4n) is 0.584. The standard InChI is InChI=1S/C6H11O4S.CH3.Na/c7-3-1-5-11(9,10)6-2-4-8;;/h7H,1-3,5-6H2;1H3;/q2*-1;+1. The minimum Gasteiger partial charge on any atom is -0.542 e. The fourth-order valence-corrected chi connectivity index (χ4v) is 1.75. The van der Waals surface area contributed by atoms with E-state index in [9.17, 15) is 13.2 Å². The zero-order valence-corrected chi connectivity index (χ0v) is 10.9. The second kappa shape index (κ2) is 10.7. The average molecular weight is 217 g/mol. The van der Waals surface area contributed by atoms with E-state index in [1.807, 2.05) is 0 Å². The van der Waals surface area contributed by atoms with Crippen LogP contribution in [0.15, 0.2) is 0 Å². The van der Waals surface area contributed by atoms with Crippen molar-refractivity contribution in [3.63, 3.8) is 0 Å². The molecule has 0 aliphatic heterocycles. The Bertz CT molecular complexity index is 201. The molecule has 0 radical (unpaired) electrons. The van der Waals surface area contributed by atoms with Crippen LogP contribution in [0.25, 0.3) is 0 Å². The first-order chi connectivity index (χ1) is 5.12. The van der Waals surface area contributed by atoms with Gasteiger partial charge in [0.25, 0.3) is 0 Å². The number of rotatable bonds is 6. The summed E-state index contributed by atoms with van der Waals surface area (Å²) in [6.45, 7) is -0.135. The Morgan fingerprint density at radius 1 is 1.23 bits per heavy atom. The smallest absolute Gasteiger partial charge is 0.542 e. The van der Waals surface area contributed by atoms with Crippen molar-refractivity contribution in [3.05, 3.63) is 7.43 Å². The molecular formula is C7H14NaO4S-. The molecule has 0 aromatic rings. The third-order valence-electron chi connectivity index (χ3n) is 1.13. The number of hydrogen-bond donors (Lipinski definition) is 1. The van der Waals surface area contributed by atoms with Crippen LogP contribution in [0.5, 0.6) is 0 Å². The maximum absolute atomic E-state index is 10.9. The largest absolute Gasteiger partial charge is 1.00 e. The SMILES string of the molecule is O=[C-]CCS(=O)(=O)CCCO.[CH3-].[Na+]. The molecule has 0 bridgehead atoms. The van der Waals surface area contributed by atoms with Crippen molar-refractivity contribution in [3.8, 4) is 0 Å². The molecule has 1 N–H and O–H groups in total. The third kappa shape index (κ3) is 12.6. The van der Waals surface area contributed by atoms with E-state index in [1.165, 1.54) is 6.29 Å². The van der Waals surface area contributed by atoms with E-state index in [0.717, 1.165) is 0 Å². The maximum Gasteiger partial charge on any atom is 1.00 e. The van der Waals surface area contributed by atoms with Crippen LogP contribution in [0.2, 0.25) is 0 Å². The molecule has 0 spiro atoms. The summed E-state index contributed by atoms with van der Waals surface area (Å²) >= 11 is 0. The first-order valence-electron chi connectivity index (χ1n) is 3.28. The number of aliphatic hydroxyl groups is 1. The van der Waals surface area contributed by atoms with Gasteiger partial charge in [-0.3, -0.25) is 6.29 Å². The molecule has 13 heavy (non-hydrogen) atoms. The molecule has 0 aliphatic rings. The average Bonchev–Trinajstić information content (AvgIpc) is 1.97. The van der Waals surface area contributed by atoms with Crippen LogP contribution in [0.1, 0.15) is 12.8 Å². The molecule has 0 aliphatic carbocycles. The molecule has 0 rings (SSSR count). The summed E-state index contributed by atoms with van der Waals surface area (Å²) in [5, 5.41) is 8.31. The van der Waals surface area contributed by atoms with Crippen LogP contribution in [0.3, 0.4) is 0 Å². The Hall–Kier alpha value is 0.580. The second-order valence-corrected chi connectivity index (χ2v) is 4.43. The molecule has 0 heterocycles. The molecule has 74 valence electrons. The van der Waals surface area contributed by atoms with Gasteiger partial charge >= 0.3 is 29.6 Å². The fraction of sp³-hybridized carbons (Fsp3) is 0.714. The van der Waals surface area contributed by atoms with Crippen LogP contribution >= 0.6 is 0 Å². The van der Waals surface area contributed by atoms with E-state index in [1.54, 1.807) is 0 Å². The van der Waals surface area contributed by atoms with Crippen molar-refractivity contribution in [1.82, 2.24) is 0 Å². The van der Waals surface area contributed by atoms with Gasteiger partial charge in [-0.2, -0.15) is 0 Å². The van der Waals surface area contributed by atoms with Crippen molar-refractivity contribution in [2.75, 3.05) is 18.1 Å². The van der Waals surface area contributed by atoms with Gasteiger partial charge in [0.05, 0.1) is 5.75 Å². The van der Waals surface area contributed by atoms with E-state index >= 15 is 0 Å². The first-order valence-corrected chi connectivity index (χ1v) is 5.11. The van der Waals surface area contributed by atoms with Crippen molar-refractivity contribution in [2.24, 2.45) is 0 Å². The number of aliphatic hydroxyl groups excluding tert-OH is 1. The summed E-state index contributed by atoms with van der Waals surface area (Å²) in [7, 11) is -3.13. The normalized spacial score (nSPS) is 9.62. The minimum absolute atomic E-state index is 0. The van der Waals surface area contributed by atoms with Gasteiger partial charge in [-0.1, -0.05) is 0 Å². The van der Waals surface area contributed by atoms with Gasteiger partial charge in [0.2, 0.25) is 0 Å². The predicted octanol–water partition coefficient (Wildman–Crippen LogP) is -3.26. The molecular weight excluding hydrogens is 203 g/mol. The van der Waals surface area contributed by atoms with Crippen LogP contribution in [-0.2, 0) is 14.6 Å². The summed E-state index contributed by atoms with van der Waals surface area (Å²) in [5.41, 5.74) is 0. The molecule has 4 nitrogen and oxygen atoms in total. The topological polar surface area (TPSA) is 71.4 Å². The number of carbonyl (C=O) groups excluding carboxylic acids is 1. The summed E-state index contributed by atoms with van der Waals surface area (Å²) in [6.07, 6.45) is 1.67. The molecule has 0 aromatic carbocycles. The molecule has 0 amide bonds. The van der Waals surface area contributed by atoms with Crippen molar-refractivity contribution < 1.29 is 47.9 Å². The molecule has 0 fully saturated rings. The zero-order valence-electron chi connectivity index (χ0n) is 8.12. The van der Waals surface area contributed by atoms with Gasteiger partial charge in [0.1, 0.15) is 9.84 Å². The third-order valence-corrected chi connectivity index (χ3v) is 2.87. The van der Waals surface area contributed by atoms with E-state index in [2.05, 4.69) is 0 Å². The van der Waals surface area contributed by atoms with E-state index < -0.39 is 9.84 Å². The number of hydrogen-bond acceptors (Lipinski definition) is 4. The van der Waals surface area contributed by atoms with Crippen LogP contribution < -0.4 is 29.6 Å². The first kappa shape index (κ1) is 19.2. The van der Waals surface area contributed by atoms with Gasteiger partial charge in [-0.05, 0) is 6.42 Å². The minimum atomic E-state index is -3.13. The Morgan fingerprint density at radius 2 is 1.77 bits per heavy atom. The second-order valence-electron chi connectivity index (χ2n) is 2.12. The Labute approximate surface area is 102 Å². The Kier molecular flexibility index (Phi) is 15.7. The predicted molar refractivity (Wildman–Crippen MR) is 47.1 cm³/mol. The van der Waals surface area contributed by atoms with E-state index in [-0.39, 0.29) is 67.9 Å². The van der Waals surface area contributed by atoms with Gasteiger partial charge in [0.15, 0.2) is 0 Å².